The molecule has 6 heteroatoms. The standard InChI is InChI=1S/C14H14N4OS/c15-13-11(12(17-18-13)9-5-3-7-19-9)14-16-8-4-1-2-6-10(8)20-14/h1-2,4,6,9H,3,5,7H2,(H3,15,17,18). The Kier molecular flexibility index (Phi) is 2.71. The van der Waals surface area contributed by atoms with Crippen molar-refractivity contribution in [1.82, 2.24) is 15.2 Å². The number of H-pyrrole nitrogens is 1. The summed E-state index contributed by atoms with van der Waals surface area (Å²) in [6.45, 7) is 0.795. The van der Waals surface area contributed by atoms with Gasteiger partial charge in [0.2, 0.25) is 0 Å². The fourth-order valence-corrected chi connectivity index (χ4v) is 3.65. The van der Waals surface area contributed by atoms with E-state index in [-0.39, 0.29) is 6.10 Å². The summed E-state index contributed by atoms with van der Waals surface area (Å²) in [4.78, 5) is 4.67. The molecule has 0 spiro atoms. The van der Waals surface area contributed by atoms with Crippen LogP contribution >= 0.6 is 11.3 Å². The number of rotatable bonds is 2. The van der Waals surface area contributed by atoms with Gasteiger partial charge in [0.25, 0.3) is 0 Å². The normalized spacial score (nSPS) is 18.9. The number of para-hydroxylation sites is 1. The first-order valence-electron chi connectivity index (χ1n) is 6.64. The van der Waals surface area contributed by atoms with Crippen LogP contribution in [0.25, 0.3) is 20.8 Å². The van der Waals surface area contributed by atoms with Gasteiger partial charge in [-0.05, 0) is 25.0 Å². The number of hydrogen-bond acceptors (Lipinski definition) is 5. The van der Waals surface area contributed by atoms with Gasteiger partial charge in [0.1, 0.15) is 5.01 Å². The van der Waals surface area contributed by atoms with Gasteiger partial charge in [0.15, 0.2) is 5.82 Å². The number of fused-ring (bicyclic) bond motifs is 1. The summed E-state index contributed by atoms with van der Waals surface area (Å²) in [5.74, 6) is 0.495. The van der Waals surface area contributed by atoms with Crippen LogP contribution in [-0.4, -0.2) is 21.8 Å². The molecule has 3 N–H and O–H groups in total. The highest BCUT2D eigenvalue weighted by Crippen LogP contribution is 2.40. The molecule has 1 aliphatic heterocycles. The van der Waals surface area contributed by atoms with Crippen LogP contribution in [0.3, 0.4) is 0 Å². The third kappa shape index (κ3) is 1.80. The molecule has 2 aromatic heterocycles. The lowest BCUT2D eigenvalue weighted by molar-refractivity contribution is 0.109. The van der Waals surface area contributed by atoms with Crippen molar-refractivity contribution in [1.29, 1.82) is 0 Å². The predicted molar refractivity (Wildman–Crippen MR) is 79.5 cm³/mol. The number of nitrogen functional groups attached to an aromatic ring is 1. The third-order valence-electron chi connectivity index (χ3n) is 3.58. The van der Waals surface area contributed by atoms with Crippen LogP contribution in [0.15, 0.2) is 24.3 Å². The maximum Gasteiger partial charge on any atom is 0.155 e. The SMILES string of the molecule is Nc1n[nH]c(C2CCCO2)c1-c1nc2ccccc2s1. The zero-order valence-electron chi connectivity index (χ0n) is 10.8. The number of ether oxygens (including phenoxy) is 1. The summed E-state index contributed by atoms with van der Waals surface area (Å²) in [5, 5.41) is 8.08. The van der Waals surface area contributed by atoms with E-state index in [1.54, 1.807) is 11.3 Å². The van der Waals surface area contributed by atoms with Crippen LogP contribution in [0, 0.1) is 0 Å². The Bertz CT molecular complexity index is 724. The lowest BCUT2D eigenvalue weighted by Crippen LogP contribution is -1.98. The Hall–Kier alpha value is -1.92. The summed E-state index contributed by atoms with van der Waals surface area (Å²) >= 11 is 1.64. The van der Waals surface area contributed by atoms with Gasteiger partial charge in [0, 0.05) is 6.61 Å². The number of thiazole rings is 1. The van der Waals surface area contributed by atoms with Gasteiger partial charge in [-0.25, -0.2) is 4.98 Å². The second-order valence-electron chi connectivity index (χ2n) is 4.89. The van der Waals surface area contributed by atoms with Crippen LogP contribution in [0.5, 0.6) is 0 Å². The van der Waals surface area contributed by atoms with Crippen molar-refractivity contribution in [3.05, 3.63) is 30.0 Å². The molecule has 0 amide bonds. The first-order valence-corrected chi connectivity index (χ1v) is 7.46. The highest BCUT2D eigenvalue weighted by molar-refractivity contribution is 7.21. The number of anilines is 1. The molecule has 1 fully saturated rings. The number of aromatic amines is 1. The summed E-state index contributed by atoms with van der Waals surface area (Å²) in [5.41, 5.74) is 8.88. The maximum absolute atomic E-state index is 6.03. The molecule has 1 aliphatic rings. The van der Waals surface area contributed by atoms with E-state index in [9.17, 15) is 0 Å². The zero-order valence-corrected chi connectivity index (χ0v) is 11.6. The minimum absolute atomic E-state index is 0.0572. The fraction of sp³-hybridized carbons (Fsp3) is 0.286. The van der Waals surface area contributed by atoms with E-state index >= 15 is 0 Å². The van der Waals surface area contributed by atoms with E-state index in [1.807, 2.05) is 18.2 Å². The first-order chi connectivity index (χ1) is 9.83. The van der Waals surface area contributed by atoms with E-state index in [1.165, 1.54) is 0 Å². The molecule has 0 radical (unpaired) electrons. The molecule has 0 aliphatic carbocycles. The van der Waals surface area contributed by atoms with Crippen LogP contribution in [0.2, 0.25) is 0 Å². The summed E-state index contributed by atoms with van der Waals surface area (Å²) in [6, 6.07) is 8.09. The van der Waals surface area contributed by atoms with E-state index in [0.29, 0.717) is 5.82 Å². The van der Waals surface area contributed by atoms with E-state index in [2.05, 4.69) is 21.2 Å². The van der Waals surface area contributed by atoms with Crippen LogP contribution in [0.4, 0.5) is 5.82 Å². The Morgan fingerprint density at radius 1 is 1.35 bits per heavy atom. The van der Waals surface area contributed by atoms with Gasteiger partial charge in [-0.1, -0.05) is 12.1 Å². The van der Waals surface area contributed by atoms with Gasteiger partial charge in [0.05, 0.1) is 27.6 Å². The van der Waals surface area contributed by atoms with Gasteiger partial charge in [-0.3, -0.25) is 5.10 Å². The molecule has 0 saturated carbocycles. The zero-order chi connectivity index (χ0) is 13.5. The molecule has 4 rings (SSSR count). The average Bonchev–Trinajstić information content (AvgIpc) is 3.16. The van der Waals surface area contributed by atoms with Gasteiger partial charge in [-0.15, -0.1) is 11.3 Å². The Balaban J connectivity index is 1.86. The van der Waals surface area contributed by atoms with E-state index in [4.69, 9.17) is 10.5 Å². The van der Waals surface area contributed by atoms with Crippen LogP contribution in [-0.2, 0) is 4.74 Å². The van der Waals surface area contributed by atoms with Crippen molar-refractivity contribution in [2.75, 3.05) is 12.3 Å². The summed E-state index contributed by atoms with van der Waals surface area (Å²) in [6.07, 6.45) is 2.13. The molecule has 5 nitrogen and oxygen atoms in total. The molecule has 1 atom stereocenters. The average molecular weight is 286 g/mol. The number of aromatic nitrogens is 3. The van der Waals surface area contributed by atoms with E-state index < -0.39 is 0 Å². The molecule has 1 unspecified atom stereocenters. The minimum atomic E-state index is 0.0572. The number of nitrogens with zero attached hydrogens (tertiary/aromatic N) is 2. The van der Waals surface area contributed by atoms with Gasteiger partial charge < -0.3 is 10.5 Å². The molecular formula is C14H14N4OS. The summed E-state index contributed by atoms with van der Waals surface area (Å²) < 4.78 is 6.89. The smallest absolute Gasteiger partial charge is 0.155 e. The molecule has 0 bridgehead atoms. The highest BCUT2D eigenvalue weighted by Gasteiger charge is 2.26. The quantitative estimate of drug-likeness (QED) is 0.759. The first kappa shape index (κ1) is 11.9. The summed E-state index contributed by atoms with van der Waals surface area (Å²) in [7, 11) is 0. The molecule has 102 valence electrons. The minimum Gasteiger partial charge on any atom is -0.382 e. The Morgan fingerprint density at radius 2 is 2.25 bits per heavy atom. The van der Waals surface area contributed by atoms with Crippen LogP contribution < -0.4 is 5.73 Å². The third-order valence-corrected chi connectivity index (χ3v) is 4.64. The predicted octanol–water partition coefficient (Wildman–Crippen LogP) is 3.12. The molecular weight excluding hydrogens is 272 g/mol. The monoisotopic (exact) mass is 286 g/mol. The lowest BCUT2D eigenvalue weighted by atomic mass is 10.1. The number of benzene rings is 1. The molecule has 1 aromatic carbocycles. The molecule has 20 heavy (non-hydrogen) atoms. The van der Waals surface area contributed by atoms with E-state index in [0.717, 1.165) is 45.9 Å². The number of nitrogens with two attached hydrogens (primary N) is 1. The molecule has 3 heterocycles. The van der Waals surface area contributed by atoms with Crippen LogP contribution in [0.1, 0.15) is 24.6 Å². The van der Waals surface area contributed by atoms with Gasteiger partial charge >= 0.3 is 0 Å². The largest absolute Gasteiger partial charge is 0.382 e. The highest BCUT2D eigenvalue weighted by atomic mass is 32.1. The molecule has 1 saturated heterocycles. The Labute approximate surface area is 119 Å². The van der Waals surface area contributed by atoms with Crippen molar-refractivity contribution in [2.45, 2.75) is 18.9 Å². The topological polar surface area (TPSA) is 76.8 Å². The molecule has 3 aromatic rings. The van der Waals surface area contributed by atoms with Crippen molar-refractivity contribution < 1.29 is 4.74 Å². The number of nitrogens with one attached hydrogen (secondary N) is 1. The fourth-order valence-electron chi connectivity index (χ4n) is 2.61. The second kappa shape index (κ2) is 4.57. The lowest BCUT2D eigenvalue weighted by Gasteiger charge is -2.08. The van der Waals surface area contributed by atoms with Crippen molar-refractivity contribution >= 4 is 27.4 Å². The van der Waals surface area contributed by atoms with Crippen molar-refractivity contribution in [3.63, 3.8) is 0 Å². The number of hydrogen-bond donors (Lipinski definition) is 2. The maximum atomic E-state index is 6.03. The van der Waals surface area contributed by atoms with Crippen molar-refractivity contribution in [3.8, 4) is 10.6 Å². The van der Waals surface area contributed by atoms with Crippen molar-refractivity contribution in [2.24, 2.45) is 0 Å². The second-order valence-corrected chi connectivity index (χ2v) is 5.92. The Morgan fingerprint density at radius 3 is 3.05 bits per heavy atom. The van der Waals surface area contributed by atoms with Gasteiger partial charge in [-0.2, -0.15) is 5.10 Å².